The van der Waals surface area contributed by atoms with Gasteiger partial charge in [-0.3, -0.25) is 14.0 Å². The monoisotopic (exact) mass is 358 g/mol. The van der Waals surface area contributed by atoms with Crippen LogP contribution in [0.1, 0.15) is 16.9 Å². The molecule has 2 aromatic heterocycles. The number of hydrogen-bond acceptors (Lipinski definition) is 4. The Balaban J connectivity index is 1.67. The van der Waals surface area contributed by atoms with Crippen LogP contribution in [0.25, 0.3) is 16.2 Å². The molecular formula is C17H15FN4O2S. The summed E-state index contributed by atoms with van der Waals surface area (Å²) in [5.41, 5.74) is 1.94. The molecule has 3 heterocycles. The zero-order valence-corrected chi connectivity index (χ0v) is 14.1. The summed E-state index contributed by atoms with van der Waals surface area (Å²) in [7, 11) is 0. The predicted octanol–water partition coefficient (Wildman–Crippen LogP) is 2.16. The summed E-state index contributed by atoms with van der Waals surface area (Å²) < 4.78 is 14.8. The zero-order chi connectivity index (χ0) is 17.4. The van der Waals surface area contributed by atoms with Crippen LogP contribution in [-0.4, -0.2) is 45.7 Å². The molecule has 0 aliphatic carbocycles. The largest absolute Gasteiger partial charge is 0.354 e. The van der Waals surface area contributed by atoms with Crippen molar-refractivity contribution < 1.29 is 14.0 Å². The Morgan fingerprint density at radius 3 is 2.88 bits per heavy atom. The van der Waals surface area contributed by atoms with Crippen molar-refractivity contribution in [3.05, 3.63) is 47.4 Å². The van der Waals surface area contributed by atoms with Gasteiger partial charge in [-0.1, -0.05) is 0 Å². The van der Waals surface area contributed by atoms with E-state index in [4.69, 9.17) is 0 Å². The molecule has 1 aliphatic heterocycles. The third-order valence-electron chi connectivity index (χ3n) is 4.12. The van der Waals surface area contributed by atoms with E-state index in [2.05, 4.69) is 10.3 Å². The van der Waals surface area contributed by atoms with Crippen LogP contribution >= 0.6 is 11.3 Å². The number of nitrogens with zero attached hydrogens (tertiary/aromatic N) is 3. The summed E-state index contributed by atoms with van der Waals surface area (Å²) in [5.74, 6) is -0.638. The molecule has 8 heteroatoms. The van der Waals surface area contributed by atoms with Crippen molar-refractivity contribution in [1.82, 2.24) is 19.6 Å². The SMILES string of the molecule is O=C1CN(C(=O)c2csc3nc(-c4ccc(F)cc4)cn23)CCCN1. The van der Waals surface area contributed by atoms with Gasteiger partial charge in [0, 0.05) is 30.2 Å². The number of fused-ring (bicyclic) bond motifs is 1. The van der Waals surface area contributed by atoms with E-state index in [1.165, 1.54) is 23.5 Å². The number of rotatable bonds is 2. The Bertz CT molecular complexity index is 947. The molecule has 1 aliphatic rings. The van der Waals surface area contributed by atoms with Gasteiger partial charge < -0.3 is 10.2 Å². The molecule has 1 aromatic carbocycles. The van der Waals surface area contributed by atoms with Gasteiger partial charge in [-0.25, -0.2) is 9.37 Å². The van der Waals surface area contributed by atoms with Gasteiger partial charge in [-0.2, -0.15) is 0 Å². The number of carbonyl (C=O) groups is 2. The van der Waals surface area contributed by atoms with Gasteiger partial charge in [0.1, 0.15) is 11.5 Å². The average Bonchev–Trinajstić information content (AvgIpc) is 3.11. The highest BCUT2D eigenvalue weighted by Gasteiger charge is 2.24. The van der Waals surface area contributed by atoms with Crippen molar-refractivity contribution in [3.63, 3.8) is 0 Å². The smallest absolute Gasteiger partial charge is 0.272 e. The molecule has 4 rings (SSSR count). The Labute approximate surface area is 146 Å². The van der Waals surface area contributed by atoms with Gasteiger partial charge in [-0.15, -0.1) is 11.3 Å². The summed E-state index contributed by atoms with van der Waals surface area (Å²) in [4.78, 5) is 31.3. The fourth-order valence-electron chi connectivity index (χ4n) is 2.84. The van der Waals surface area contributed by atoms with E-state index in [9.17, 15) is 14.0 Å². The highest BCUT2D eigenvalue weighted by molar-refractivity contribution is 7.15. The summed E-state index contributed by atoms with van der Waals surface area (Å²) >= 11 is 1.36. The summed E-state index contributed by atoms with van der Waals surface area (Å²) in [6.45, 7) is 1.19. The second kappa shape index (κ2) is 6.29. The van der Waals surface area contributed by atoms with Crippen LogP contribution in [0.15, 0.2) is 35.8 Å². The molecule has 0 bridgehead atoms. The lowest BCUT2D eigenvalue weighted by atomic mass is 10.2. The van der Waals surface area contributed by atoms with Crippen LogP contribution in [0.5, 0.6) is 0 Å². The number of amides is 2. The molecule has 1 N–H and O–H groups in total. The van der Waals surface area contributed by atoms with Crippen LogP contribution in [0.4, 0.5) is 4.39 Å². The first-order valence-corrected chi connectivity index (χ1v) is 8.78. The zero-order valence-electron chi connectivity index (χ0n) is 13.2. The number of carbonyl (C=O) groups excluding carboxylic acids is 2. The topological polar surface area (TPSA) is 66.7 Å². The van der Waals surface area contributed by atoms with E-state index in [0.29, 0.717) is 29.4 Å². The standard InChI is InChI=1S/C17H15FN4O2S/c18-12-4-2-11(3-5-12)13-8-22-14(10-25-17(22)20-13)16(24)21-7-1-6-19-15(23)9-21/h2-5,8,10H,1,6-7,9H2,(H,19,23). The van der Waals surface area contributed by atoms with E-state index in [1.807, 2.05) is 0 Å². The second-order valence-electron chi connectivity index (χ2n) is 5.84. The van der Waals surface area contributed by atoms with Crippen LogP contribution < -0.4 is 5.32 Å². The number of imidazole rings is 1. The van der Waals surface area contributed by atoms with Crippen LogP contribution in [-0.2, 0) is 4.79 Å². The minimum atomic E-state index is -0.305. The molecule has 25 heavy (non-hydrogen) atoms. The first-order valence-electron chi connectivity index (χ1n) is 7.90. The molecule has 1 saturated heterocycles. The Hall–Kier alpha value is -2.74. The van der Waals surface area contributed by atoms with Gasteiger partial charge in [0.15, 0.2) is 4.96 Å². The molecule has 0 unspecified atom stereocenters. The van der Waals surface area contributed by atoms with E-state index >= 15 is 0 Å². The summed E-state index contributed by atoms with van der Waals surface area (Å²) in [6.07, 6.45) is 2.50. The number of nitrogens with one attached hydrogen (secondary N) is 1. The van der Waals surface area contributed by atoms with Gasteiger partial charge >= 0.3 is 0 Å². The third kappa shape index (κ3) is 3.00. The fourth-order valence-corrected chi connectivity index (χ4v) is 3.69. The quantitative estimate of drug-likeness (QED) is 0.763. The highest BCUT2D eigenvalue weighted by Crippen LogP contribution is 2.24. The van der Waals surface area contributed by atoms with E-state index < -0.39 is 0 Å². The van der Waals surface area contributed by atoms with Crippen molar-refractivity contribution in [1.29, 1.82) is 0 Å². The predicted molar refractivity (Wildman–Crippen MR) is 92.0 cm³/mol. The minimum Gasteiger partial charge on any atom is -0.354 e. The molecule has 0 radical (unpaired) electrons. The van der Waals surface area contributed by atoms with E-state index in [1.54, 1.807) is 33.0 Å². The first-order chi connectivity index (χ1) is 12.1. The van der Waals surface area contributed by atoms with Crippen LogP contribution in [0.3, 0.4) is 0 Å². The number of thiazole rings is 1. The molecule has 1 fully saturated rings. The second-order valence-corrected chi connectivity index (χ2v) is 6.67. The Morgan fingerprint density at radius 1 is 1.28 bits per heavy atom. The minimum absolute atomic E-state index is 0.0652. The Kier molecular flexibility index (Phi) is 3.96. The lowest BCUT2D eigenvalue weighted by molar-refractivity contribution is -0.121. The van der Waals surface area contributed by atoms with Crippen molar-refractivity contribution in [3.8, 4) is 11.3 Å². The van der Waals surface area contributed by atoms with Crippen molar-refractivity contribution in [2.24, 2.45) is 0 Å². The van der Waals surface area contributed by atoms with Crippen LogP contribution in [0, 0.1) is 5.82 Å². The van der Waals surface area contributed by atoms with E-state index in [-0.39, 0.29) is 24.2 Å². The number of halogens is 1. The Morgan fingerprint density at radius 2 is 2.08 bits per heavy atom. The maximum Gasteiger partial charge on any atom is 0.272 e. The molecule has 128 valence electrons. The molecular weight excluding hydrogens is 343 g/mol. The molecule has 2 amide bonds. The molecule has 0 saturated carbocycles. The van der Waals surface area contributed by atoms with Crippen LogP contribution in [0.2, 0.25) is 0 Å². The molecule has 3 aromatic rings. The summed E-state index contributed by atoms with van der Waals surface area (Å²) in [5, 5.41) is 4.51. The average molecular weight is 358 g/mol. The van der Waals surface area contributed by atoms with Gasteiger partial charge in [0.2, 0.25) is 5.91 Å². The van der Waals surface area contributed by atoms with Crippen molar-refractivity contribution >= 4 is 28.1 Å². The lowest BCUT2D eigenvalue weighted by Crippen LogP contribution is -2.37. The van der Waals surface area contributed by atoms with Gasteiger partial charge in [-0.05, 0) is 30.7 Å². The normalized spacial score (nSPS) is 15.2. The number of aromatic nitrogens is 2. The third-order valence-corrected chi connectivity index (χ3v) is 4.96. The van der Waals surface area contributed by atoms with Gasteiger partial charge in [0.25, 0.3) is 5.91 Å². The maximum absolute atomic E-state index is 13.1. The number of benzene rings is 1. The van der Waals surface area contributed by atoms with E-state index in [0.717, 1.165) is 12.0 Å². The van der Waals surface area contributed by atoms with Crippen molar-refractivity contribution in [2.45, 2.75) is 6.42 Å². The van der Waals surface area contributed by atoms with Gasteiger partial charge in [0.05, 0.1) is 12.2 Å². The molecule has 0 atom stereocenters. The fraction of sp³-hybridized carbons (Fsp3) is 0.235. The summed E-state index contributed by atoms with van der Waals surface area (Å²) in [6, 6.07) is 6.07. The molecule has 6 nitrogen and oxygen atoms in total. The highest BCUT2D eigenvalue weighted by atomic mass is 32.1. The maximum atomic E-state index is 13.1. The van der Waals surface area contributed by atoms with Crippen molar-refractivity contribution in [2.75, 3.05) is 19.6 Å². The number of hydrogen-bond donors (Lipinski definition) is 1. The molecule has 0 spiro atoms. The first kappa shape index (κ1) is 15.8. The lowest BCUT2D eigenvalue weighted by Gasteiger charge is -2.18.